The molecule has 2 atom stereocenters. The van der Waals surface area contributed by atoms with Gasteiger partial charge >= 0.3 is 27.3 Å². The fourth-order valence-electron chi connectivity index (χ4n) is 1.90. The molecular formula is C18H20N2O4Pb. The molecule has 0 saturated heterocycles. The van der Waals surface area contributed by atoms with Crippen molar-refractivity contribution in [1.82, 2.24) is 0 Å². The van der Waals surface area contributed by atoms with Gasteiger partial charge in [0.2, 0.25) is 0 Å². The van der Waals surface area contributed by atoms with Crippen LogP contribution in [0, 0.1) is 0 Å². The normalized spacial score (nSPS) is 11.9. The summed E-state index contributed by atoms with van der Waals surface area (Å²) in [6, 6.07) is 16.6. The summed E-state index contributed by atoms with van der Waals surface area (Å²) in [6.45, 7) is 0. The maximum absolute atomic E-state index is 10.3. The summed E-state index contributed by atoms with van der Waals surface area (Å²) < 4.78 is 0. The van der Waals surface area contributed by atoms with E-state index in [-0.39, 0.29) is 27.3 Å². The zero-order valence-corrected chi connectivity index (χ0v) is 17.5. The molecule has 2 radical (unpaired) electrons. The standard InChI is InChI=1S/2C9H11NO2.Pb/c2*10-8(9(11)12)6-7-4-2-1-3-5-7;/h2*1-5,8H,6,10H2,(H,11,12);/q;;+2/p-2/t2*8-;/m00./s1. The molecule has 0 aliphatic rings. The van der Waals surface area contributed by atoms with Crippen molar-refractivity contribution >= 4 is 39.2 Å². The van der Waals surface area contributed by atoms with E-state index < -0.39 is 24.0 Å². The van der Waals surface area contributed by atoms with Gasteiger partial charge < -0.3 is 31.3 Å². The summed E-state index contributed by atoms with van der Waals surface area (Å²) in [6.07, 6.45) is 0.645. The summed E-state index contributed by atoms with van der Waals surface area (Å²) in [5.74, 6) is -2.42. The zero-order valence-electron chi connectivity index (χ0n) is 13.6. The summed E-state index contributed by atoms with van der Waals surface area (Å²) in [5, 5.41) is 20.5. The number of hydrogen-bond donors (Lipinski definition) is 2. The smallest absolute Gasteiger partial charge is 0.548 e. The van der Waals surface area contributed by atoms with E-state index in [0.717, 1.165) is 11.1 Å². The molecule has 2 aromatic rings. The van der Waals surface area contributed by atoms with Crippen LogP contribution in [-0.4, -0.2) is 51.3 Å². The van der Waals surface area contributed by atoms with Crippen LogP contribution in [0.15, 0.2) is 60.7 Å². The van der Waals surface area contributed by atoms with Crippen molar-refractivity contribution < 1.29 is 19.8 Å². The third-order valence-corrected chi connectivity index (χ3v) is 3.20. The van der Waals surface area contributed by atoms with Crippen LogP contribution in [-0.2, 0) is 22.4 Å². The molecule has 7 heteroatoms. The fourth-order valence-corrected chi connectivity index (χ4v) is 1.90. The van der Waals surface area contributed by atoms with E-state index >= 15 is 0 Å². The third-order valence-electron chi connectivity index (χ3n) is 3.20. The predicted octanol–water partition coefficient (Wildman–Crippen LogP) is -1.77. The first-order valence-electron chi connectivity index (χ1n) is 7.41. The first kappa shape index (κ1) is 23.2. The number of carbonyl (C=O) groups is 2. The van der Waals surface area contributed by atoms with Crippen LogP contribution in [0.5, 0.6) is 0 Å². The number of carboxylic acid groups (broad SMARTS) is 2. The first-order chi connectivity index (χ1) is 11.4. The molecule has 0 unspecified atom stereocenters. The summed E-state index contributed by atoms with van der Waals surface area (Å²) >= 11 is 0. The van der Waals surface area contributed by atoms with Gasteiger partial charge in [0.15, 0.2) is 0 Å². The quantitative estimate of drug-likeness (QED) is 0.421. The van der Waals surface area contributed by atoms with Gasteiger partial charge in [0.1, 0.15) is 0 Å². The number of rotatable bonds is 6. The second-order valence-electron chi connectivity index (χ2n) is 5.23. The van der Waals surface area contributed by atoms with Crippen molar-refractivity contribution in [3.63, 3.8) is 0 Å². The van der Waals surface area contributed by atoms with Gasteiger partial charge in [0, 0.05) is 12.1 Å². The van der Waals surface area contributed by atoms with Crippen LogP contribution in [0.1, 0.15) is 11.1 Å². The van der Waals surface area contributed by atoms with Gasteiger partial charge in [-0.3, -0.25) is 0 Å². The molecule has 0 bridgehead atoms. The minimum Gasteiger partial charge on any atom is -0.548 e. The predicted molar refractivity (Wildman–Crippen MR) is 92.0 cm³/mol. The number of aliphatic carboxylic acids is 2. The van der Waals surface area contributed by atoms with Crippen molar-refractivity contribution in [3.8, 4) is 0 Å². The van der Waals surface area contributed by atoms with Crippen LogP contribution >= 0.6 is 0 Å². The van der Waals surface area contributed by atoms with Gasteiger partial charge in [-0.25, -0.2) is 0 Å². The minimum absolute atomic E-state index is 0. The monoisotopic (exact) mass is 536 g/mol. The average molecular weight is 536 g/mol. The molecule has 4 N–H and O–H groups in total. The molecule has 0 amide bonds. The van der Waals surface area contributed by atoms with E-state index in [1.54, 1.807) is 0 Å². The Morgan fingerprint density at radius 2 is 1.00 bits per heavy atom. The summed E-state index contributed by atoms with van der Waals surface area (Å²) in [5.41, 5.74) is 12.4. The Bertz CT molecular complexity index is 581. The van der Waals surface area contributed by atoms with Crippen molar-refractivity contribution in [2.45, 2.75) is 24.9 Å². The molecule has 0 saturated carbocycles. The van der Waals surface area contributed by atoms with Crippen LogP contribution < -0.4 is 21.7 Å². The van der Waals surface area contributed by atoms with Crippen molar-refractivity contribution in [3.05, 3.63) is 71.8 Å². The maximum atomic E-state index is 10.3. The van der Waals surface area contributed by atoms with Crippen molar-refractivity contribution in [2.24, 2.45) is 11.5 Å². The van der Waals surface area contributed by atoms with Gasteiger partial charge in [-0.2, -0.15) is 0 Å². The van der Waals surface area contributed by atoms with Gasteiger partial charge in [0.05, 0.1) is 11.9 Å². The Balaban J connectivity index is 0.000000443. The van der Waals surface area contributed by atoms with E-state index in [4.69, 9.17) is 11.5 Å². The van der Waals surface area contributed by atoms with Crippen molar-refractivity contribution in [2.75, 3.05) is 0 Å². The van der Waals surface area contributed by atoms with E-state index in [2.05, 4.69) is 0 Å². The molecule has 0 heterocycles. The zero-order chi connectivity index (χ0) is 17.9. The topological polar surface area (TPSA) is 132 Å². The molecule has 130 valence electrons. The average Bonchev–Trinajstić information content (AvgIpc) is 2.57. The Kier molecular flexibility index (Phi) is 11.7. The largest absolute Gasteiger partial charge is 2.00 e. The van der Waals surface area contributed by atoms with Gasteiger partial charge in [-0.15, -0.1) is 0 Å². The van der Waals surface area contributed by atoms with E-state index in [1.807, 2.05) is 60.7 Å². The van der Waals surface area contributed by atoms with Crippen LogP contribution in [0.25, 0.3) is 0 Å². The Morgan fingerprint density at radius 3 is 1.24 bits per heavy atom. The van der Waals surface area contributed by atoms with E-state index in [9.17, 15) is 19.8 Å². The second-order valence-corrected chi connectivity index (χ2v) is 5.23. The number of carbonyl (C=O) groups excluding carboxylic acids is 2. The Hall–Kier alpha value is -1.78. The van der Waals surface area contributed by atoms with Crippen LogP contribution in [0.2, 0.25) is 0 Å². The molecule has 0 spiro atoms. The van der Waals surface area contributed by atoms with E-state index in [1.165, 1.54) is 0 Å². The van der Waals surface area contributed by atoms with Gasteiger partial charge in [-0.05, 0) is 24.0 Å². The summed E-state index contributed by atoms with van der Waals surface area (Å²) in [7, 11) is 0. The maximum Gasteiger partial charge on any atom is 2.00 e. The van der Waals surface area contributed by atoms with Crippen molar-refractivity contribution in [1.29, 1.82) is 0 Å². The molecule has 0 aliphatic carbocycles. The van der Waals surface area contributed by atoms with Crippen LogP contribution in [0.3, 0.4) is 0 Å². The van der Waals surface area contributed by atoms with Gasteiger partial charge in [-0.1, -0.05) is 60.7 Å². The number of nitrogens with two attached hydrogens (primary N) is 2. The second kappa shape index (κ2) is 12.6. The van der Waals surface area contributed by atoms with E-state index in [0.29, 0.717) is 12.8 Å². The molecule has 0 fully saturated rings. The summed E-state index contributed by atoms with van der Waals surface area (Å²) in [4.78, 5) is 20.5. The molecule has 25 heavy (non-hydrogen) atoms. The van der Waals surface area contributed by atoms with Gasteiger partial charge in [0.25, 0.3) is 0 Å². The third kappa shape index (κ3) is 9.95. The molecule has 2 aromatic carbocycles. The molecule has 6 nitrogen and oxygen atoms in total. The molecule has 0 aromatic heterocycles. The number of benzene rings is 2. The number of hydrogen-bond acceptors (Lipinski definition) is 6. The molecule has 0 aliphatic heterocycles. The first-order valence-corrected chi connectivity index (χ1v) is 7.41. The SMILES string of the molecule is N[C@@H](Cc1ccccc1)C(=O)[O-].N[C@@H](Cc1ccccc1)C(=O)[O-].[Pb+2]. The molecular weight excluding hydrogens is 515 g/mol. The van der Waals surface area contributed by atoms with Crippen LogP contribution in [0.4, 0.5) is 0 Å². The Labute approximate surface area is 167 Å². The number of carboxylic acids is 2. The minimum atomic E-state index is -1.21. The Morgan fingerprint density at radius 1 is 0.720 bits per heavy atom. The molecule has 2 rings (SSSR count). The fraction of sp³-hybridized carbons (Fsp3) is 0.222.